The summed E-state index contributed by atoms with van der Waals surface area (Å²) in [4.78, 5) is 13.1. The van der Waals surface area contributed by atoms with E-state index in [0.29, 0.717) is 6.54 Å². The molecule has 1 amide bonds. The SMILES string of the molecule is C[C@H]1OC(=O)N(Cc2ccccc2)[C@@H]1CO. The Balaban J connectivity index is 2.11. The number of hydrogen-bond acceptors (Lipinski definition) is 3. The summed E-state index contributed by atoms with van der Waals surface area (Å²) in [6.07, 6.45) is -0.600. The predicted octanol–water partition coefficient (Wildman–Crippen LogP) is 1.39. The lowest BCUT2D eigenvalue weighted by Crippen LogP contribution is -2.38. The van der Waals surface area contributed by atoms with E-state index in [1.54, 1.807) is 11.8 Å². The Morgan fingerprint density at radius 2 is 2.06 bits per heavy atom. The summed E-state index contributed by atoms with van der Waals surface area (Å²) in [6, 6.07) is 9.43. The zero-order chi connectivity index (χ0) is 11.5. The van der Waals surface area contributed by atoms with E-state index in [9.17, 15) is 9.90 Å². The highest BCUT2D eigenvalue weighted by Crippen LogP contribution is 2.21. The first-order chi connectivity index (χ1) is 7.72. The van der Waals surface area contributed by atoms with Crippen LogP contribution in [-0.4, -0.2) is 34.9 Å². The van der Waals surface area contributed by atoms with Gasteiger partial charge < -0.3 is 9.84 Å². The molecule has 1 heterocycles. The smallest absolute Gasteiger partial charge is 0.410 e. The van der Waals surface area contributed by atoms with E-state index in [2.05, 4.69) is 0 Å². The summed E-state index contributed by atoms with van der Waals surface area (Å²) < 4.78 is 5.08. The van der Waals surface area contributed by atoms with E-state index in [0.717, 1.165) is 5.56 Å². The average Bonchev–Trinajstić information content (AvgIpc) is 2.55. The van der Waals surface area contributed by atoms with Crippen molar-refractivity contribution in [3.63, 3.8) is 0 Å². The molecule has 0 spiro atoms. The summed E-state index contributed by atoms with van der Waals surface area (Å²) in [5.74, 6) is 0. The zero-order valence-corrected chi connectivity index (χ0v) is 9.17. The molecule has 4 heteroatoms. The lowest BCUT2D eigenvalue weighted by atomic mass is 10.1. The largest absolute Gasteiger partial charge is 0.444 e. The molecule has 1 aromatic carbocycles. The first-order valence-electron chi connectivity index (χ1n) is 5.34. The van der Waals surface area contributed by atoms with Crippen LogP contribution < -0.4 is 0 Å². The van der Waals surface area contributed by atoms with Gasteiger partial charge in [0.2, 0.25) is 0 Å². The predicted molar refractivity (Wildman–Crippen MR) is 58.8 cm³/mol. The summed E-state index contributed by atoms with van der Waals surface area (Å²) in [5, 5.41) is 9.23. The minimum absolute atomic E-state index is 0.0697. The standard InChI is InChI=1S/C12H15NO3/c1-9-11(8-14)13(12(15)16-9)7-10-5-3-2-4-6-10/h2-6,9,11,14H,7-8H2,1H3/t9-,11-/m1/s1. The minimum Gasteiger partial charge on any atom is -0.444 e. The molecule has 16 heavy (non-hydrogen) atoms. The number of carbonyl (C=O) groups is 1. The highest BCUT2D eigenvalue weighted by molar-refractivity contribution is 5.70. The van der Waals surface area contributed by atoms with Crippen LogP contribution in [-0.2, 0) is 11.3 Å². The zero-order valence-electron chi connectivity index (χ0n) is 9.17. The Labute approximate surface area is 94.4 Å². The maximum atomic E-state index is 11.6. The molecule has 86 valence electrons. The fourth-order valence-corrected chi connectivity index (χ4v) is 1.90. The number of ether oxygens (including phenoxy) is 1. The minimum atomic E-state index is -0.351. The third kappa shape index (κ3) is 2.02. The summed E-state index contributed by atoms with van der Waals surface area (Å²) in [7, 11) is 0. The number of hydrogen-bond donors (Lipinski definition) is 1. The monoisotopic (exact) mass is 221 g/mol. The molecule has 1 aliphatic rings. The number of amides is 1. The summed E-state index contributed by atoms with van der Waals surface area (Å²) in [5.41, 5.74) is 1.03. The lowest BCUT2D eigenvalue weighted by Gasteiger charge is -2.21. The van der Waals surface area contributed by atoms with Gasteiger partial charge in [-0.25, -0.2) is 4.79 Å². The van der Waals surface area contributed by atoms with Crippen LogP contribution in [0.5, 0.6) is 0 Å². The van der Waals surface area contributed by atoms with E-state index in [-0.39, 0.29) is 24.8 Å². The Hall–Kier alpha value is -1.55. The van der Waals surface area contributed by atoms with Gasteiger partial charge in [-0.2, -0.15) is 0 Å². The van der Waals surface area contributed by atoms with Gasteiger partial charge in [-0.3, -0.25) is 4.90 Å². The maximum absolute atomic E-state index is 11.6. The van der Waals surface area contributed by atoms with Gasteiger partial charge in [0, 0.05) is 6.54 Å². The Kier molecular flexibility index (Phi) is 3.10. The van der Waals surface area contributed by atoms with E-state index in [4.69, 9.17) is 4.74 Å². The molecular formula is C12H15NO3. The number of benzene rings is 1. The van der Waals surface area contributed by atoms with Crippen molar-refractivity contribution in [2.24, 2.45) is 0 Å². The second-order valence-electron chi connectivity index (χ2n) is 3.95. The average molecular weight is 221 g/mol. The quantitative estimate of drug-likeness (QED) is 0.839. The van der Waals surface area contributed by atoms with Crippen molar-refractivity contribution >= 4 is 6.09 Å². The molecular weight excluding hydrogens is 206 g/mol. The third-order valence-electron chi connectivity index (χ3n) is 2.85. The number of cyclic esters (lactones) is 1. The van der Waals surface area contributed by atoms with Crippen molar-refractivity contribution in [3.05, 3.63) is 35.9 Å². The van der Waals surface area contributed by atoms with E-state index in [1.165, 1.54) is 0 Å². The van der Waals surface area contributed by atoms with E-state index < -0.39 is 0 Å². The van der Waals surface area contributed by atoms with Gasteiger partial charge in [-0.05, 0) is 12.5 Å². The first kappa shape index (κ1) is 11.0. The van der Waals surface area contributed by atoms with Gasteiger partial charge in [0.05, 0.1) is 12.6 Å². The molecule has 0 saturated carbocycles. The van der Waals surface area contributed by atoms with Crippen LogP contribution in [0, 0.1) is 0 Å². The molecule has 1 saturated heterocycles. The summed E-state index contributed by atoms with van der Waals surface area (Å²) in [6.45, 7) is 2.21. The molecule has 0 bridgehead atoms. The van der Waals surface area contributed by atoms with Crippen molar-refractivity contribution in [1.82, 2.24) is 4.90 Å². The highest BCUT2D eigenvalue weighted by Gasteiger charge is 2.38. The van der Waals surface area contributed by atoms with Crippen LogP contribution in [0.4, 0.5) is 4.79 Å². The molecule has 0 radical (unpaired) electrons. The topological polar surface area (TPSA) is 49.8 Å². The Morgan fingerprint density at radius 3 is 2.69 bits per heavy atom. The van der Waals surface area contributed by atoms with Gasteiger partial charge in [0.1, 0.15) is 6.10 Å². The molecule has 4 nitrogen and oxygen atoms in total. The molecule has 2 atom stereocenters. The van der Waals surface area contributed by atoms with Crippen LogP contribution in [0.1, 0.15) is 12.5 Å². The number of carbonyl (C=O) groups excluding carboxylic acids is 1. The fraction of sp³-hybridized carbons (Fsp3) is 0.417. The Morgan fingerprint density at radius 1 is 1.38 bits per heavy atom. The maximum Gasteiger partial charge on any atom is 0.410 e. The van der Waals surface area contributed by atoms with Gasteiger partial charge in [-0.1, -0.05) is 30.3 Å². The van der Waals surface area contributed by atoms with Crippen molar-refractivity contribution in [2.45, 2.75) is 25.6 Å². The van der Waals surface area contributed by atoms with Gasteiger partial charge >= 0.3 is 6.09 Å². The molecule has 2 rings (SSSR count). The number of aliphatic hydroxyl groups excluding tert-OH is 1. The molecule has 1 aliphatic heterocycles. The Bertz CT molecular complexity index is 366. The summed E-state index contributed by atoms with van der Waals surface area (Å²) >= 11 is 0. The number of nitrogens with zero attached hydrogens (tertiary/aromatic N) is 1. The van der Waals surface area contributed by atoms with Crippen LogP contribution in [0.25, 0.3) is 0 Å². The fourth-order valence-electron chi connectivity index (χ4n) is 1.90. The molecule has 1 fully saturated rings. The normalized spacial score (nSPS) is 24.6. The van der Waals surface area contributed by atoms with Gasteiger partial charge in [0.25, 0.3) is 0 Å². The van der Waals surface area contributed by atoms with Crippen LogP contribution >= 0.6 is 0 Å². The van der Waals surface area contributed by atoms with E-state index in [1.807, 2.05) is 30.3 Å². The van der Waals surface area contributed by atoms with Crippen LogP contribution in [0.3, 0.4) is 0 Å². The van der Waals surface area contributed by atoms with Crippen LogP contribution in [0.15, 0.2) is 30.3 Å². The molecule has 0 aromatic heterocycles. The van der Waals surface area contributed by atoms with Crippen molar-refractivity contribution in [2.75, 3.05) is 6.61 Å². The van der Waals surface area contributed by atoms with Gasteiger partial charge in [-0.15, -0.1) is 0 Å². The first-order valence-corrected chi connectivity index (χ1v) is 5.34. The molecule has 0 aliphatic carbocycles. The molecule has 1 aromatic rings. The molecule has 1 N–H and O–H groups in total. The van der Waals surface area contributed by atoms with Crippen LogP contribution in [0.2, 0.25) is 0 Å². The van der Waals surface area contributed by atoms with Crippen molar-refractivity contribution in [3.8, 4) is 0 Å². The second-order valence-corrected chi connectivity index (χ2v) is 3.95. The number of rotatable bonds is 3. The lowest BCUT2D eigenvalue weighted by molar-refractivity contribution is 0.129. The van der Waals surface area contributed by atoms with E-state index >= 15 is 0 Å². The number of aliphatic hydroxyl groups is 1. The third-order valence-corrected chi connectivity index (χ3v) is 2.85. The highest BCUT2D eigenvalue weighted by atomic mass is 16.6. The van der Waals surface area contributed by atoms with Crippen molar-refractivity contribution in [1.29, 1.82) is 0 Å². The van der Waals surface area contributed by atoms with Crippen molar-refractivity contribution < 1.29 is 14.6 Å². The van der Waals surface area contributed by atoms with Gasteiger partial charge in [0.15, 0.2) is 0 Å². The molecule has 0 unspecified atom stereocenters. The second kappa shape index (κ2) is 4.53.